The number of carbonyl (C=O) groups is 10. The van der Waals surface area contributed by atoms with E-state index in [2.05, 4.69) is 27.7 Å². The van der Waals surface area contributed by atoms with E-state index in [1.165, 1.54) is 43.1 Å². The lowest BCUT2D eigenvalue weighted by atomic mass is 9.78. The van der Waals surface area contributed by atoms with E-state index < -0.39 is 105 Å². The van der Waals surface area contributed by atoms with Crippen LogP contribution in [0.1, 0.15) is 101 Å². The quantitative estimate of drug-likeness (QED) is 0.0178. The zero-order valence-electron chi connectivity index (χ0n) is 63.3. The topological polar surface area (TPSA) is 248 Å². The Labute approximate surface area is 663 Å². The van der Waals surface area contributed by atoms with Gasteiger partial charge in [0.05, 0.1) is 134 Å². The number of hydrogen-bond donors (Lipinski definition) is 0. The molecule has 0 aromatic heterocycles. The Balaban J connectivity index is 0.457. The zero-order valence-corrected chi connectivity index (χ0v) is 66.6. The monoisotopic (exact) mass is 1580 g/mol. The van der Waals surface area contributed by atoms with Crippen molar-refractivity contribution >= 4 is 129 Å². The van der Waals surface area contributed by atoms with E-state index in [1.807, 2.05) is 134 Å². The Bertz CT molecular complexity index is 4240. The molecule has 18 atom stereocenters. The van der Waals surface area contributed by atoms with Gasteiger partial charge in [-0.05, 0) is 122 Å². The largest absolute Gasteiger partial charge is 0.465 e. The Morgan fingerprint density at radius 1 is 0.387 bits per heavy atom. The third-order valence-electron chi connectivity index (χ3n) is 25.5. The molecular weight excluding hydrogens is 1490 g/mol. The van der Waals surface area contributed by atoms with Crippen LogP contribution in [0, 0.1) is 58.2 Å². The highest BCUT2D eigenvalue weighted by molar-refractivity contribution is 7.99. The predicted molar refractivity (Wildman–Crippen MR) is 425 cm³/mol. The summed E-state index contributed by atoms with van der Waals surface area (Å²) >= 11 is 6.16. The molecule has 25 heteroatoms. The number of imide groups is 4. The number of thioether (sulfide) groups is 4. The second-order valence-electron chi connectivity index (χ2n) is 32.2. The molecule has 4 aromatic rings. The Morgan fingerprint density at radius 2 is 0.658 bits per heavy atom. The van der Waals surface area contributed by atoms with Gasteiger partial charge in [0, 0.05) is 45.3 Å². The van der Waals surface area contributed by atoms with Crippen molar-refractivity contribution in [3.05, 3.63) is 168 Å². The first-order valence-electron chi connectivity index (χ1n) is 39.0. The Morgan fingerprint density at radius 3 is 0.910 bits per heavy atom. The minimum Gasteiger partial charge on any atom is -0.465 e. The number of anilines is 4. The third-order valence-corrected chi connectivity index (χ3v) is 29.2. The molecule has 8 fully saturated rings. The standard InChI is InChI=1S/C86H94N4O17S4/c1-7-33-81(9-3,45-102-63(91)31-39-110-49-85-37-29-61(106-85)67-71(85)79(99)89(75(67)95)57-23-15-53(16-24-57)41-51-11-19-55(20-12-51)87-73(93)65-59-27-35-83(104-59,47-108-5)69(65)77(87)97)43-101-44-82(10-4,34-8-2)46-103-64(92)32-40-111-50-86-38-30-62(107-86)68-72(86)80(100)90(76(68)96)58-25-17-54(18-26-58)42-52-13-21-56(22-14-52)88-74(94)66-60-28-36-84(105-60,48-109-6)70(66)78(88)98/h11-30,35-38,59-62,65-72H,7-10,31-34,39-50H2,1-6H3. The number of fused-ring (bicyclic) bond motifs is 20. The van der Waals surface area contributed by atoms with Crippen LogP contribution in [-0.2, 0) is 93.9 Å². The molecule has 21 nitrogen and oxygen atoms in total. The molecule has 8 saturated heterocycles. The van der Waals surface area contributed by atoms with Gasteiger partial charge in [0.15, 0.2) is 0 Å². The van der Waals surface area contributed by atoms with Crippen LogP contribution in [0.3, 0.4) is 0 Å². The summed E-state index contributed by atoms with van der Waals surface area (Å²) in [6, 6.07) is 29.6. The molecule has 0 spiro atoms. The first-order valence-corrected chi connectivity index (χ1v) is 44.1. The highest BCUT2D eigenvalue weighted by Crippen LogP contribution is 2.58. The maximum absolute atomic E-state index is 14.4. The van der Waals surface area contributed by atoms with Gasteiger partial charge < -0.3 is 33.2 Å². The minimum absolute atomic E-state index is 0.133. The lowest BCUT2D eigenvalue weighted by molar-refractivity contribution is -0.152. The summed E-state index contributed by atoms with van der Waals surface area (Å²) in [4.78, 5) is 144. The molecule has 0 aliphatic carbocycles. The van der Waals surface area contributed by atoms with Gasteiger partial charge in [0.25, 0.3) is 0 Å². The minimum atomic E-state index is -1.00. The average molecular weight is 1580 g/mol. The number of amides is 8. The van der Waals surface area contributed by atoms with Gasteiger partial charge in [-0.15, -0.1) is 0 Å². The van der Waals surface area contributed by atoms with Crippen LogP contribution < -0.4 is 19.6 Å². The second-order valence-corrected chi connectivity index (χ2v) is 36.1. The van der Waals surface area contributed by atoms with E-state index in [0.29, 0.717) is 96.2 Å². The summed E-state index contributed by atoms with van der Waals surface area (Å²) < 4.78 is 44.0. The summed E-state index contributed by atoms with van der Waals surface area (Å²) in [6.45, 7) is 9.41. The first-order chi connectivity index (χ1) is 53.6. The molecule has 584 valence electrons. The molecule has 8 bridgehead atoms. The Kier molecular flexibility index (Phi) is 21.4. The fourth-order valence-electron chi connectivity index (χ4n) is 19.7. The van der Waals surface area contributed by atoms with Crippen molar-refractivity contribution < 1.29 is 81.1 Å². The number of nitrogens with zero attached hydrogens (tertiary/aromatic N) is 4. The molecule has 4 aromatic carbocycles. The smallest absolute Gasteiger partial charge is 0.306 e. The number of carbonyl (C=O) groups excluding carboxylic acids is 10. The van der Waals surface area contributed by atoms with Gasteiger partial charge in [-0.1, -0.05) is 138 Å². The van der Waals surface area contributed by atoms with E-state index in [4.69, 9.17) is 33.2 Å². The van der Waals surface area contributed by atoms with E-state index in [9.17, 15) is 47.9 Å². The van der Waals surface area contributed by atoms with Crippen LogP contribution in [0.5, 0.6) is 0 Å². The third kappa shape index (κ3) is 13.4. The molecule has 16 rings (SSSR count). The van der Waals surface area contributed by atoms with Gasteiger partial charge in [-0.2, -0.15) is 47.0 Å². The van der Waals surface area contributed by atoms with E-state index in [1.54, 1.807) is 47.8 Å². The van der Waals surface area contributed by atoms with Crippen molar-refractivity contribution in [3.63, 3.8) is 0 Å². The van der Waals surface area contributed by atoms with Crippen LogP contribution in [-0.4, -0.2) is 179 Å². The van der Waals surface area contributed by atoms with Gasteiger partial charge in [0.2, 0.25) is 47.3 Å². The summed E-state index contributed by atoms with van der Waals surface area (Å²) in [5.74, 6) is -4.92. The molecule has 8 amide bonds. The summed E-state index contributed by atoms with van der Waals surface area (Å²) in [5, 5.41) is 0. The van der Waals surface area contributed by atoms with Crippen LogP contribution in [0.2, 0.25) is 0 Å². The lowest BCUT2D eigenvalue weighted by Gasteiger charge is -2.36. The Hall–Kier alpha value is -7.46. The highest BCUT2D eigenvalue weighted by atomic mass is 32.2. The van der Waals surface area contributed by atoms with Crippen LogP contribution in [0.4, 0.5) is 22.7 Å². The van der Waals surface area contributed by atoms with Gasteiger partial charge >= 0.3 is 11.9 Å². The molecule has 12 aliphatic rings. The average Bonchev–Trinajstić information content (AvgIpc) is 1.56. The fourth-order valence-corrected chi connectivity index (χ4v) is 23.6. The molecule has 111 heavy (non-hydrogen) atoms. The summed E-state index contributed by atoms with van der Waals surface area (Å²) in [5.41, 5.74) is 1.43. The summed E-state index contributed by atoms with van der Waals surface area (Å²) in [7, 11) is 0. The van der Waals surface area contributed by atoms with Crippen LogP contribution in [0.15, 0.2) is 146 Å². The van der Waals surface area contributed by atoms with E-state index >= 15 is 0 Å². The van der Waals surface area contributed by atoms with Crippen LogP contribution >= 0.6 is 47.0 Å². The molecule has 0 saturated carbocycles. The lowest BCUT2D eigenvalue weighted by Crippen LogP contribution is -2.42. The van der Waals surface area contributed by atoms with E-state index in [0.717, 1.165) is 47.9 Å². The van der Waals surface area contributed by atoms with Crippen molar-refractivity contribution in [1.82, 2.24) is 0 Å². The molecule has 18 unspecified atom stereocenters. The van der Waals surface area contributed by atoms with Crippen LogP contribution in [0.25, 0.3) is 0 Å². The molecular formula is C86H94N4O17S4. The molecule has 0 N–H and O–H groups in total. The number of esters is 2. The maximum atomic E-state index is 14.4. The van der Waals surface area contributed by atoms with Gasteiger partial charge in [-0.3, -0.25) is 47.9 Å². The number of rotatable bonds is 36. The number of hydrogen-bond acceptors (Lipinski definition) is 21. The SMILES string of the molecule is CCCC(CC)(COCC(CC)(CCC)COC(=O)CCSCC12C=CC(O1)C1C(=O)N(c3ccc(Cc4ccc(N5C(=O)C6C7C=CC(CSC)(O7)C6C5=O)cc4)cc3)C(=O)C12)COC(=O)CCSCC12C=CC(O1)C1C(=O)N(c3ccc(Cc4ccc(N5C(=O)C6C7C=CC(CSC)(O7)C6C5=O)cc4)cc3)C(=O)C12. The highest BCUT2D eigenvalue weighted by Gasteiger charge is 2.71. The summed E-state index contributed by atoms with van der Waals surface area (Å²) in [6.07, 6.45) is 23.4. The molecule has 0 radical (unpaired) electrons. The van der Waals surface area contributed by atoms with E-state index in [-0.39, 0.29) is 85.3 Å². The molecule has 12 aliphatic heterocycles. The van der Waals surface area contributed by atoms with Gasteiger partial charge in [-0.25, -0.2) is 19.6 Å². The van der Waals surface area contributed by atoms with Crippen molar-refractivity contribution in [2.45, 2.75) is 139 Å². The van der Waals surface area contributed by atoms with Crippen molar-refractivity contribution in [2.24, 2.45) is 58.2 Å². The van der Waals surface area contributed by atoms with Crippen molar-refractivity contribution in [2.75, 3.05) is 93.1 Å². The second kappa shape index (κ2) is 30.7. The van der Waals surface area contributed by atoms with Crippen molar-refractivity contribution in [3.8, 4) is 0 Å². The maximum Gasteiger partial charge on any atom is 0.306 e. The van der Waals surface area contributed by atoms with Gasteiger partial charge in [0.1, 0.15) is 22.4 Å². The number of benzene rings is 4. The fraction of sp³-hybridized carbons (Fsp3) is 0.512. The molecule has 12 heterocycles. The normalized spacial score (nSPS) is 32.2. The predicted octanol–water partition coefficient (Wildman–Crippen LogP) is 11.3. The number of ether oxygens (including phenoxy) is 7. The van der Waals surface area contributed by atoms with Crippen molar-refractivity contribution in [1.29, 1.82) is 0 Å². The first kappa shape index (κ1) is 77.5. The zero-order chi connectivity index (χ0) is 77.5.